The van der Waals surface area contributed by atoms with E-state index in [1.54, 1.807) is 0 Å². The zero-order valence-electron chi connectivity index (χ0n) is 9.16. The first-order valence-electron chi connectivity index (χ1n) is 5.46. The van der Waals surface area contributed by atoms with Crippen LogP contribution in [0.5, 0.6) is 0 Å². The highest BCUT2D eigenvalue weighted by Crippen LogP contribution is 2.20. The maximum Gasteiger partial charge on any atom is 0.229 e. The van der Waals surface area contributed by atoms with Gasteiger partial charge in [0, 0.05) is 16.2 Å². The highest BCUT2D eigenvalue weighted by molar-refractivity contribution is 9.10. The van der Waals surface area contributed by atoms with E-state index in [9.17, 15) is 4.79 Å². The lowest BCUT2D eigenvalue weighted by Gasteiger charge is -2.14. The molecule has 16 heavy (non-hydrogen) atoms. The van der Waals surface area contributed by atoms with Gasteiger partial charge in [0.1, 0.15) is 0 Å². The molecule has 1 heterocycles. The summed E-state index contributed by atoms with van der Waals surface area (Å²) in [6.07, 6.45) is 0.918. The third kappa shape index (κ3) is 2.62. The van der Waals surface area contributed by atoms with Crippen LogP contribution in [0.15, 0.2) is 28.7 Å². The van der Waals surface area contributed by atoms with Crippen LogP contribution in [-0.4, -0.2) is 18.5 Å². The summed E-state index contributed by atoms with van der Waals surface area (Å²) in [6.45, 7) is 2.98. The van der Waals surface area contributed by atoms with E-state index in [1.165, 1.54) is 0 Å². The molecule has 2 unspecified atom stereocenters. The van der Waals surface area contributed by atoms with Crippen molar-refractivity contribution in [3.8, 4) is 0 Å². The van der Waals surface area contributed by atoms with Gasteiger partial charge < -0.3 is 10.6 Å². The molecule has 1 aliphatic rings. The zero-order valence-corrected chi connectivity index (χ0v) is 10.8. The third-order valence-electron chi connectivity index (χ3n) is 2.95. The molecule has 86 valence electrons. The maximum atomic E-state index is 12.0. The van der Waals surface area contributed by atoms with Crippen molar-refractivity contribution >= 4 is 27.5 Å². The molecule has 4 heteroatoms. The van der Waals surface area contributed by atoms with E-state index >= 15 is 0 Å². The Bertz CT molecular complexity index is 394. The van der Waals surface area contributed by atoms with Gasteiger partial charge in [-0.25, -0.2) is 0 Å². The van der Waals surface area contributed by atoms with Gasteiger partial charge in [0.05, 0.1) is 5.92 Å². The predicted octanol–water partition coefficient (Wildman–Crippen LogP) is 2.39. The summed E-state index contributed by atoms with van der Waals surface area (Å²) in [5.74, 6) is 0.189. The van der Waals surface area contributed by atoms with E-state index in [2.05, 4.69) is 33.5 Å². The van der Waals surface area contributed by atoms with Crippen molar-refractivity contribution in [3.63, 3.8) is 0 Å². The number of benzene rings is 1. The molecule has 0 saturated carbocycles. The number of anilines is 1. The molecule has 0 aliphatic carbocycles. The number of nitrogens with one attached hydrogen (secondary N) is 2. The SMILES string of the molecule is CC1NCCC1C(=O)Nc1cccc(Br)c1. The van der Waals surface area contributed by atoms with E-state index < -0.39 is 0 Å². The Balaban J connectivity index is 2.02. The van der Waals surface area contributed by atoms with Crippen molar-refractivity contribution in [1.82, 2.24) is 5.32 Å². The summed E-state index contributed by atoms with van der Waals surface area (Å²) >= 11 is 3.38. The van der Waals surface area contributed by atoms with E-state index in [-0.39, 0.29) is 17.9 Å². The number of rotatable bonds is 2. The molecule has 1 fully saturated rings. The summed E-state index contributed by atoms with van der Waals surface area (Å²) in [4.78, 5) is 12.0. The summed E-state index contributed by atoms with van der Waals surface area (Å²) in [5, 5.41) is 6.22. The smallest absolute Gasteiger partial charge is 0.229 e. The Morgan fingerprint density at radius 1 is 1.56 bits per heavy atom. The van der Waals surface area contributed by atoms with Gasteiger partial charge in [-0.15, -0.1) is 0 Å². The minimum atomic E-state index is 0.0824. The van der Waals surface area contributed by atoms with Gasteiger partial charge >= 0.3 is 0 Å². The summed E-state index contributed by atoms with van der Waals surface area (Å²) < 4.78 is 0.975. The Hall–Kier alpha value is -0.870. The van der Waals surface area contributed by atoms with Crippen LogP contribution in [-0.2, 0) is 4.79 Å². The molecule has 0 aromatic heterocycles. The van der Waals surface area contributed by atoms with Crippen LogP contribution in [0, 0.1) is 5.92 Å². The topological polar surface area (TPSA) is 41.1 Å². The zero-order chi connectivity index (χ0) is 11.5. The lowest BCUT2D eigenvalue weighted by atomic mass is 10.0. The molecule has 2 atom stereocenters. The Kier molecular flexibility index (Phi) is 3.61. The first-order valence-corrected chi connectivity index (χ1v) is 6.26. The molecule has 2 N–H and O–H groups in total. The standard InChI is InChI=1S/C12H15BrN2O/c1-8-11(5-6-14-8)12(16)15-10-4-2-3-9(13)7-10/h2-4,7-8,11,14H,5-6H2,1H3,(H,15,16). The van der Waals surface area contributed by atoms with Crippen LogP contribution in [0.25, 0.3) is 0 Å². The van der Waals surface area contributed by atoms with Crippen molar-refractivity contribution in [2.75, 3.05) is 11.9 Å². The average Bonchev–Trinajstić information content (AvgIpc) is 2.64. The summed E-state index contributed by atoms with van der Waals surface area (Å²) in [7, 11) is 0. The van der Waals surface area contributed by atoms with Crippen LogP contribution in [0.4, 0.5) is 5.69 Å². The Labute approximate surface area is 104 Å². The van der Waals surface area contributed by atoms with Crippen LogP contribution < -0.4 is 10.6 Å². The van der Waals surface area contributed by atoms with Crippen LogP contribution >= 0.6 is 15.9 Å². The summed E-state index contributed by atoms with van der Waals surface area (Å²) in [6, 6.07) is 7.93. The molecule has 1 aromatic rings. The maximum absolute atomic E-state index is 12.0. The van der Waals surface area contributed by atoms with Gasteiger partial charge in [0.25, 0.3) is 0 Å². The third-order valence-corrected chi connectivity index (χ3v) is 3.45. The molecular weight excluding hydrogens is 268 g/mol. The van der Waals surface area contributed by atoms with Crippen LogP contribution in [0.2, 0.25) is 0 Å². The second-order valence-corrected chi connectivity index (χ2v) is 5.05. The van der Waals surface area contributed by atoms with Crippen molar-refractivity contribution < 1.29 is 4.79 Å². The molecule has 0 spiro atoms. The molecule has 1 aromatic carbocycles. The number of carbonyl (C=O) groups excluding carboxylic acids is 1. The van der Waals surface area contributed by atoms with Gasteiger partial charge in [-0.05, 0) is 38.1 Å². The van der Waals surface area contributed by atoms with E-state index in [0.717, 1.165) is 23.1 Å². The minimum Gasteiger partial charge on any atom is -0.326 e. The molecule has 1 aliphatic heterocycles. The fourth-order valence-corrected chi connectivity index (χ4v) is 2.42. The molecule has 2 rings (SSSR count). The molecule has 0 bridgehead atoms. The Morgan fingerprint density at radius 3 is 3.00 bits per heavy atom. The lowest BCUT2D eigenvalue weighted by Crippen LogP contribution is -2.32. The number of carbonyl (C=O) groups is 1. The van der Waals surface area contributed by atoms with Gasteiger partial charge in [-0.3, -0.25) is 4.79 Å². The lowest BCUT2D eigenvalue weighted by molar-refractivity contribution is -0.119. The van der Waals surface area contributed by atoms with E-state index in [0.29, 0.717) is 0 Å². The van der Waals surface area contributed by atoms with Gasteiger partial charge in [-0.1, -0.05) is 22.0 Å². The second-order valence-electron chi connectivity index (χ2n) is 4.14. The number of halogens is 1. The normalized spacial score (nSPS) is 24.4. The minimum absolute atomic E-state index is 0.0824. The monoisotopic (exact) mass is 282 g/mol. The van der Waals surface area contributed by atoms with Crippen molar-refractivity contribution in [2.24, 2.45) is 5.92 Å². The number of amides is 1. The van der Waals surface area contributed by atoms with Crippen LogP contribution in [0.3, 0.4) is 0 Å². The molecular formula is C12H15BrN2O. The van der Waals surface area contributed by atoms with Gasteiger partial charge in [-0.2, -0.15) is 0 Å². The summed E-state index contributed by atoms with van der Waals surface area (Å²) in [5.41, 5.74) is 0.846. The van der Waals surface area contributed by atoms with Gasteiger partial charge in [0.15, 0.2) is 0 Å². The molecule has 1 saturated heterocycles. The quantitative estimate of drug-likeness (QED) is 0.875. The van der Waals surface area contributed by atoms with Gasteiger partial charge in [0.2, 0.25) is 5.91 Å². The fraction of sp³-hybridized carbons (Fsp3) is 0.417. The average molecular weight is 283 g/mol. The Morgan fingerprint density at radius 2 is 2.38 bits per heavy atom. The van der Waals surface area contributed by atoms with Crippen molar-refractivity contribution in [2.45, 2.75) is 19.4 Å². The molecule has 0 radical (unpaired) electrons. The molecule has 3 nitrogen and oxygen atoms in total. The first-order chi connectivity index (χ1) is 7.66. The predicted molar refractivity (Wildman–Crippen MR) is 68.3 cm³/mol. The highest BCUT2D eigenvalue weighted by Gasteiger charge is 2.29. The first kappa shape index (κ1) is 11.6. The van der Waals surface area contributed by atoms with E-state index in [1.807, 2.05) is 24.3 Å². The number of hydrogen-bond donors (Lipinski definition) is 2. The van der Waals surface area contributed by atoms with Crippen LogP contribution in [0.1, 0.15) is 13.3 Å². The highest BCUT2D eigenvalue weighted by atomic mass is 79.9. The van der Waals surface area contributed by atoms with E-state index in [4.69, 9.17) is 0 Å². The number of hydrogen-bond acceptors (Lipinski definition) is 2. The van der Waals surface area contributed by atoms with Crippen molar-refractivity contribution in [3.05, 3.63) is 28.7 Å². The largest absolute Gasteiger partial charge is 0.326 e. The fourth-order valence-electron chi connectivity index (χ4n) is 2.02. The van der Waals surface area contributed by atoms with Crippen molar-refractivity contribution in [1.29, 1.82) is 0 Å². The molecule has 1 amide bonds. The second kappa shape index (κ2) is 4.97.